The number of carbonyl (C=O) groups is 1. The van der Waals surface area contributed by atoms with Crippen LogP contribution in [0.2, 0.25) is 5.02 Å². The molecule has 4 rings (SSSR count). The maximum atomic E-state index is 13.3. The van der Waals surface area contributed by atoms with Crippen molar-refractivity contribution in [2.75, 3.05) is 13.2 Å². The largest absolute Gasteiger partial charge is 0.450 e. The maximum Gasteiger partial charge on any atom is 0.290 e. The topological polar surface area (TPSA) is 70.8 Å². The lowest BCUT2D eigenvalue weighted by atomic mass is 9.98. The number of amides is 1. The summed E-state index contributed by atoms with van der Waals surface area (Å²) in [5, 5.41) is 10.3. The van der Waals surface area contributed by atoms with Crippen LogP contribution in [0.5, 0.6) is 0 Å². The summed E-state index contributed by atoms with van der Waals surface area (Å²) in [6.45, 7) is 2.18. The second-order valence-corrected chi connectivity index (χ2v) is 7.14. The highest BCUT2D eigenvalue weighted by molar-refractivity contribution is 6.30. The molecule has 1 N–H and O–H groups in total. The molecule has 0 saturated carbocycles. The lowest BCUT2D eigenvalue weighted by Crippen LogP contribution is -2.31. The van der Waals surface area contributed by atoms with Crippen molar-refractivity contribution in [3.63, 3.8) is 0 Å². The molecule has 0 fully saturated rings. The molecule has 5 nitrogen and oxygen atoms in total. The number of halogens is 1. The van der Waals surface area contributed by atoms with E-state index in [-0.39, 0.29) is 23.7 Å². The van der Waals surface area contributed by atoms with Gasteiger partial charge < -0.3 is 14.4 Å². The lowest BCUT2D eigenvalue weighted by Gasteiger charge is -2.24. The van der Waals surface area contributed by atoms with E-state index in [9.17, 15) is 14.7 Å². The number of aliphatic hydroxyl groups is 1. The maximum absolute atomic E-state index is 13.3. The van der Waals surface area contributed by atoms with E-state index in [1.807, 2.05) is 13.0 Å². The van der Waals surface area contributed by atoms with E-state index < -0.39 is 6.04 Å². The molecule has 6 heteroatoms. The number of carbonyl (C=O) groups excluding carboxylic acids is 1. The summed E-state index contributed by atoms with van der Waals surface area (Å²) < 4.78 is 5.86. The Kier molecular flexibility index (Phi) is 4.50. The van der Waals surface area contributed by atoms with Gasteiger partial charge in [0.15, 0.2) is 5.43 Å². The van der Waals surface area contributed by atoms with Crippen LogP contribution in [0, 0.1) is 6.92 Å². The molecule has 1 atom stereocenters. The van der Waals surface area contributed by atoms with Crippen molar-refractivity contribution in [2.24, 2.45) is 0 Å². The Morgan fingerprint density at radius 3 is 2.59 bits per heavy atom. The first-order valence-corrected chi connectivity index (χ1v) is 9.13. The number of aryl methyl sites for hydroxylation is 1. The Labute approximate surface area is 160 Å². The number of aliphatic hydroxyl groups excluding tert-OH is 1. The molecular formula is C21H18ClNO4. The minimum absolute atomic E-state index is 0.0456. The zero-order valence-corrected chi connectivity index (χ0v) is 15.5. The van der Waals surface area contributed by atoms with Gasteiger partial charge in [-0.25, -0.2) is 0 Å². The molecule has 0 aliphatic carbocycles. The first-order valence-electron chi connectivity index (χ1n) is 8.76. The van der Waals surface area contributed by atoms with E-state index in [1.54, 1.807) is 41.3 Å². The third-order valence-corrected chi connectivity index (χ3v) is 5.12. The Morgan fingerprint density at radius 1 is 1.15 bits per heavy atom. The summed E-state index contributed by atoms with van der Waals surface area (Å²) in [7, 11) is 0. The molecular weight excluding hydrogens is 366 g/mol. The van der Waals surface area contributed by atoms with Crippen molar-refractivity contribution >= 4 is 28.5 Å². The van der Waals surface area contributed by atoms with Crippen LogP contribution in [0.1, 0.15) is 39.7 Å². The second kappa shape index (κ2) is 6.83. The minimum Gasteiger partial charge on any atom is -0.450 e. The molecule has 1 aliphatic rings. The van der Waals surface area contributed by atoms with Gasteiger partial charge in [-0.05, 0) is 43.2 Å². The van der Waals surface area contributed by atoms with Gasteiger partial charge in [0, 0.05) is 18.2 Å². The summed E-state index contributed by atoms with van der Waals surface area (Å²) in [5.74, 6) is -0.257. The van der Waals surface area contributed by atoms with Crippen LogP contribution in [-0.2, 0) is 0 Å². The van der Waals surface area contributed by atoms with Crippen LogP contribution < -0.4 is 5.43 Å². The van der Waals surface area contributed by atoms with Gasteiger partial charge in [0.05, 0.1) is 17.0 Å². The van der Waals surface area contributed by atoms with Crippen LogP contribution in [-0.4, -0.2) is 29.1 Å². The third kappa shape index (κ3) is 2.93. The molecule has 0 radical (unpaired) electrons. The van der Waals surface area contributed by atoms with Crippen molar-refractivity contribution in [1.82, 2.24) is 4.90 Å². The van der Waals surface area contributed by atoms with Crippen molar-refractivity contribution in [1.29, 1.82) is 0 Å². The van der Waals surface area contributed by atoms with Crippen LogP contribution >= 0.6 is 11.6 Å². The van der Waals surface area contributed by atoms with Gasteiger partial charge in [0.1, 0.15) is 5.58 Å². The van der Waals surface area contributed by atoms with E-state index in [4.69, 9.17) is 16.0 Å². The molecule has 2 heterocycles. The van der Waals surface area contributed by atoms with Gasteiger partial charge in [0.25, 0.3) is 5.91 Å². The molecule has 0 bridgehead atoms. The predicted molar refractivity (Wildman–Crippen MR) is 103 cm³/mol. The Hall–Kier alpha value is -2.63. The number of benzene rings is 2. The van der Waals surface area contributed by atoms with Crippen LogP contribution in [0.25, 0.3) is 11.0 Å². The second-order valence-electron chi connectivity index (χ2n) is 6.70. The molecule has 1 aromatic heterocycles. The average molecular weight is 384 g/mol. The standard InChI is InChI=1S/C21H18ClNO4/c1-12-3-8-16-15(11-12)19(25)17-18(13-4-6-14(22)7-5-13)23(9-2-10-24)21(26)20(17)27-16/h3-8,11,18,24H,2,9-10H2,1H3. The fourth-order valence-electron chi connectivity index (χ4n) is 3.60. The molecule has 1 aliphatic heterocycles. The number of nitrogens with zero attached hydrogens (tertiary/aromatic N) is 1. The molecule has 0 saturated heterocycles. The molecule has 0 spiro atoms. The smallest absolute Gasteiger partial charge is 0.290 e. The average Bonchev–Trinajstić information content (AvgIpc) is 2.94. The van der Waals surface area contributed by atoms with Crippen LogP contribution in [0.3, 0.4) is 0 Å². The minimum atomic E-state index is -0.558. The summed E-state index contributed by atoms with van der Waals surface area (Å²) >= 11 is 6.00. The normalized spacial score (nSPS) is 16.2. The van der Waals surface area contributed by atoms with Crippen molar-refractivity contribution in [3.05, 3.63) is 80.2 Å². The van der Waals surface area contributed by atoms with E-state index >= 15 is 0 Å². The van der Waals surface area contributed by atoms with E-state index in [0.717, 1.165) is 11.1 Å². The SMILES string of the molecule is Cc1ccc2oc3c(c(=O)c2c1)C(c1ccc(Cl)cc1)N(CCCO)C3=O. The van der Waals surface area contributed by atoms with E-state index in [2.05, 4.69) is 0 Å². The lowest BCUT2D eigenvalue weighted by molar-refractivity contribution is 0.0716. The Bertz CT molecular complexity index is 1090. The summed E-state index contributed by atoms with van der Waals surface area (Å²) in [5.41, 5.74) is 2.27. The Morgan fingerprint density at radius 2 is 1.89 bits per heavy atom. The predicted octanol–water partition coefficient (Wildman–Crippen LogP) is 3.68. The number of hydrogen-bond acceptors (Lipinski definition) is 4. The van der Waals surface area contributed by atoms with E-state index in [1.165, 1.54) is 0 Å². The van der Waals surface area contributed by atoms with Gasteiger partial charge in [-0.3, -0.25) is 9.59 Å². The van der Waals surface area contributed by atoms with Crippen molar-refractivity contribution in [3.8, 4) is 0 Å². The summed E-state index contributed by atoms with van der Waals surface area (Å²) in [6.07, 6.45) is 0.413. The van der Waals surface area contributed by atoms with Crippen molar-refractivity contribution in [2.45, 2.75) is 19.4 Å². The van der Waals surface area contributed by atoms with Gasteiger partial charge in [-0.2, -0.15) is 0 Å². The molecule has 1 amide bonds. The zero-order chi connectivity index (χ0) is 19.1. The van der Waals surface area contributed by atoms with Gasteiger partial charge >= 0.3 is 0 Å². The molecule has 1 unspecified atom stereocenters. The highest BCUT2D eigenvalue weighted by Crippen LogP contribution is 2.38. The monoisotopic (exact) mass is 383 g/mol. The highest BCUT2D eigenvalue weighted by Gasteiger charge is 2.42. The van der Waals surface area contributed by atoms with Crippen LogP contribution in [0.4, 0.5) is 0 Å². The highest BCUT2D eigenvalue weighted by atomic mass is 35.5. The summed E-state index contributed by atoms with van der Waals surface area (Å²) in [4.78, 5) is 27.9. The third-order valence-electron chi connectivity index (χ3n) is 4.86. The molecule has 138 valence electrons. The first-order chi connectivity index (χ1) is 13.0. The zero-order valence-electron chi connectivity index (χ0n) is 14.7. The molecule has 2 aromatic carbocycles. The number of fused-ring (bicyclic) bond motifs is 2. The first kappa shape index (κ1) is 17.8. The fourth-order valence-corrected chi connectivity index (χ4v) is 3.72. The molecule has 3 aromatic rings. The number of rotatable bonds is 4. The van der Waals surface area contributed by atoms with Gasteiger partial charge in [-0.1, -0.05) is 35.4 Å². The molecule has 27 heavy (non-hydrogen) atoms. The number of hydrogen-bond donors (Lipinski definition) is 1. The van der Waals surface area contributed by atoms with E-state index in [0.29, 0.717) is 34.5 Å². The van der Waals surface area contributed by atoms with Gasteiger partial charge in [0.2, 0.25) is 5.76 Å². The quantitative estimate of drug-likeness (QED) is 0.746. The Balaban J connectivity index is 1.97. The summed E-state index contributed by atoms with van der Waals surface area (Å²) in [6, 6.07) is 11.9. The van der Waals surface area contributed by atoms with Crippen LogP contribution in [0.15, 0.2) is 51.7 Å². The van der Waals surface area contributed by atoms with Crippen molar-refractivity contribution < 1.29 is 14.3 Å². The van der Waals surface area contributed by atoms with Gasteiger partial charge in [-0.15, -0.1) is 0 Å². The fraction of sp³-hybridized carbons (Fsp3) is 0.238.